The smallest absolute Gasteiger partial charge is 0.308 e. The molecule has 0 saturated carbocycles. The van der Waals surface area contributed by atoms with Gasteiger partial charge in [0.25, 0.3) is 11.6 Å². The molecular weight excluding hydrogens is 284 g/mol. The van der Waals surface area contributed by atoms with Crippen molar-refractivity contribution in [3.05, 3.63) is 25.9 Å². The third kappa shape index (κ3) is 2.79. The number of carbonyl (C=O) groups is 2. The van der Waals surface area contributed by atoms with E-state index in [2.05, 4.69) is 0 Å². The molecule has 0 radical (unpaired) electrons. The maximum absolute atomic E-state index is 12.3. The fourth-order valence-corrected chi connectivity index (χ4v) is 3.23. The molecule has 1 aliphatic rings. The zero-order valence-corrected chi connectivity index (χ0v) is 11.7. The predicted octanol–water partition coefficient (Wildman–Crippen LogP) is 1.90. The van der Waals surface area contributed by atoms with Crippen LogP contribution in [0, 0.1) is 23.0 Å². The number of hydrogen-bond acceptors (Lipinski definition) is 5. The van der Waals surface area contributed by atoms with E-state index in [4.69, 9.17) is 5.11 Å². The van der Waals surface area contributed by atoms with Crippen molar-refractivity contribution in [2.45, 2.75) is 19.8 Å². The van der Waals surface area contributed by atoms with E-state index in [9.17, 15) is 19.7 Å². The molecule has 1 amide bonds. The van der Waals surface area contributed by atoms with Crippen LogP contribution in [0.2, 0.25) is 0 Å². The molecule has 1 atom stereocenters. The van der Waals surface area contributed by atoms with Crippen LogP contribution >= 0.6 is 11.3 Å². The Morgan fingerprint density at radius 3 is 2.80 bits per heavy atom. The van der Waals surface area contributed by atoms with Gasteiger partial charge in [0, 0.05) is 19.2 Å². The number of carboxylic acid groups (broad SMARTS) is 1. The maximum Gasteiger partial charge on any atom is 0.308 e. The highest BCUT2D eigenvalue weighted by molar-refractivity contribution is 7.14. The van der Waals surface area contributed by atoms with Crippen LogP contribution in [0.4, 0.5) is 5.69 Å². The minimum atomic E-state index is -0.907. The second-order valence-electron chi connectivity index (χ2n) is 4.74. The predicted molar refractivity (Wildman–Crippen MR) is 72.0 cm³/mol. The molecule has 1 unspecified atom stereocenters. The number of nitro groups is 1. The van der Waals surface area contributed by atoms with Gasteiger partial charge in [-0.05, 0) is 19.8 Å². The second-order valence-corrected chi connectivity index (χ2v) is 5.99. The van der Waals surface area contributed by atoms with Gasteiger partial charge >= 0.3 is 5.97 Å². The first kappa shape index (κ1) is 14.4. The molecular formula is C12H14N2O5S. The van der Waals surface area contributed by atoms with E-state index in [1.165, 1.54) is 11.0 Å². The molecule has 2 heterocycles. The summed E-state index contributed by atoms with van der Waals surface area (Å²) in [4.78, 5) is 35.8. The minimum absolute atomic E-state index is 0.0647. The van der Waals surface area contributed by atoms with Gasteiger partial charge in [0.1, 0.15) is 0 Å². The molecule has 1 fully saturated rings. The van der Waals surface area contributed by atoms with Crippen LogP contribution in [-0.4, -0.2) is 39.9 Å². The Labute approximate surface area is 119 Å². The first-order valence-corrected chi connectivity index (χ1v) is 6.98. The molecule has 108 valence electrons. The Hall–Kier alpha value is -1.96. The summed E-state index contributed by atoms with van der Waals surface area (Å²) in [6, 6.07) is 1.27. The van der Waals surface area contributed by atoms with Crippen LogP contribution in [0.3, 0.4) is 0 Å². The molecule has 1 aromatic rings. The summed E-state index contributed by atoms with van der Waals surface area (Å²) >= 11 is 1.07. The molecule has 1 aromatic heterocycles. The lowest BCUT2D eigenvalue weighted by Gasteiger charge is -2.30. The van der Waals surface area contributed by atoms with Gasteiger partial charge in [0.2, 0.25) is 0 Å². The van der Waals surface area contributed by atoms with Crippen LogP contribution in [0.25, 0.3) is 0 Å². The number of hydrogen-bond donors (Lipinski definition) is 1. The monoisotopic (exact) mass is 298 g/mol. The molecule has 1 aliphatic heterocycles. The molecule has 1 N–H and O–H groups in total. The van der Waals surface area contributed by atoms with Crippen LogP contribution < -0.4 is 0 Å². The highest BCUT2D eigenvalue weighted by Crippen LogP contribution is 2.30. The highest BCUT2D eigenvalue weighted by atomic mass is 32.1. The minimum Gasteiger partial charge on any atom is -0.481 e. The quantitative estimate of drug-likeness (QED) is 0.678. The van der Waals surface area contributed by atoms with Gasteiger partial charge in [-0.25, -0.2) is 0 Å². The number of nitrogens with zero attached hydrogens (tertiary/aromatic N) is 2. The molecule has 2 rings (SSSR count). The topological polar surface area (TPSA) is 101 Å². The average Bonchev–Trinajstić information content (AvgIpc) is 2.80. The summed E-state index contributed by atoms with van der Waals surface area (Å²) in [6.45, 7) is 2.25. The Balaban J connectivity index is 2.16. The third-order valence-electron chi connectivity index (χ3n) is 3.36. The number of aryl methyl sites for hydroxylation is 1. The van der Waals surface area contributed by atoms with Crippen LogP contribution in [0.1, 0.15) is 27.4 Å². The zero-order chi connectivity index (χ0) is 14.9. The normalized spacial score (nSPS) is 18.9. The van der Waals surface area contributed by atoms with E-state index in [0.29, 0.717) is 29.1 Å². The van der Waals surface area contributed by atoms with Crippen molar-refractivity contribution in [3.63, 3.8) is 0 Å². The standard InChI is InChI=1S/C12H14N2O5S/c1-7-9(14(18)19)5-10(20-7)11(15)13-4-2-3-8(6-13)12(16)17/h5,8H,2-4,6H2,1H3,(H,16,17). The van der Waals surface area contributed by atoms with Crippen LogP contribution in [-0.2, 0) is 4.79 Å². The summed E-state index contributed by atoms with van der Waals surface area (Å²) in [7, 11) is 0. The van der Waals surface area contributed by atoms with E-state index in [1.54, 1.807) is 6.92 Å². The Morgan fingerprint density at radius 1 is 1.55 bits per heavy atom. The van der Waals surface area contributed by atoms with Gasteiger partial charge in [0.05, 0.1) is 20.6 Å². The largest absolute Gasteiger partial charge is 0.481 e. The van der Waals surface area contributed by atoms with Gasteiger partial charge in [-0.2, -0.15) is 0 Å². The lowest BCUT2D eigenvalue weighted by molar-refractivity contribution is -0.385. The highest BCUT2D eigenvalue weighted by Gasteiger charge is 2.30. The van der Waals surface area contributed by atoms with Gasteiger partial charge in [-0.1, -0.05) is 0 Å². The first-order chi connectivity index (χ1) is 9.40. The van der Waals surface area contributed by atoms with Crippen LogP contribution in [0.15, 0.2) is 6.07 Å². The van der Waals surface area contributed by atoms with Gasteiger partial charge in [-0.15, -0.1) is 11.3 Å². The molecule has 0 aliphatic carbocycles. The lowest BCUT2D eigenvalue weighted by atomic mass is 9.98. The number of carbonyl (C=O) groups excluding carboxylic acids is 1. The van der Waals surface area contributed by atoms with E-state index in [-0.39, 0.29) is 18.1 Å². The molecule has 1 saturated heterocycles. The zero-order valence-electron chi connectivity index (χ0n) is 10.9. The number of carboxylic acids is 1. The molecule has 0 bridgehead atoms. The Morgan fingerprint density at radius 2 is 2.25 bits per heavy atom. The molecule has 0 spiro atoms. The van der Waals surface area contributed by atoms with E-state index in [1.807, 2.05) is 0 Å². The molecule has 7 nitrogen and oxygen atoms in total. The third-order valence-corrected chi connectivity index (χ3v) is 4.38. The molecule has 0 aromatic carbocycles. The van der Waals surface area contributed by atoms with Crippen molar-refractivity contribution in [1.82, 2.24) is 4.90 Å². The number of amides is 1. The summed E-state index contributed by atoms with van der Waals surface area (Å²) in [5.41, 5.74) is -0.0647. The van der Waals surface area contributed by atoms with E-state index >= 15 is 0 Å². The Kier molecular flexibility index (Phi) is 4.03. The molecule has 20 heavy (non-hydrogen) atoms. The number of likely N-dealkylation sites (tertiary alicyclic amines) is 1. The second kappa shape index (κ2) is 5.58. The SMILES string of the molecule is Cc1sc(C(=O)N2CCCC(C(=O)O)C2)cc1[N+](=O)[O-]. The summed E-state index contributed by atoms with van der Waals surface area (Å²) in [5.74, 6) is -1.78. The van der Waals surface area contributed by atoms with E-state index < -0.39 is 16.8 Å². The number of rotatable bonds is 3. The molecule has 8 heteroatoms. The number of piperidine rings is 1. The van der Waals surface area contributed by atoms with Crippen molar-refractivity contribution < 1.29 is 19.6 Å². The van der Waals surface area contributed by atoms with Gasteiger partial charge < -0.3 is 10.0 Å². The van der Waals surface area contributed by atoms with Crippen molar-refractivity contribution in [2.75, 3.05) is 13.1 Å². The first-order valence-electron chi connectivity index (χ1n) is 6.17. The summed E-state index contributed by atoms with van der Waals surface area (Å²) < 4.78 is 0. The summed E-state index contributed by atoms with van der Waals surface area (Å²) in [5, 5.41) is 19.8. The maximum atomic E-state index is 12.3. The number of thiophene rings is 1. The number of aliphatic carboxylic acids is 1. The van der Waals surface area contributed by atoms with Crippen molar-refractivity contribution in [1.29, 1.82) is 0 Å². The summed E-state index contributed by atoms with van der Waals surface area (Å²) in [6.07, 6.45) is 1.19. The average molecular weight is 298 g/mol. The lowest BCUT2D eigenvalue weighted by Crippen LogP contribution is -2.42. The van der Waals surface area contributed by atoms with Gasteiger partial charge in [0.15, 0.2) is 0 Å². The van der Waals surface area contributed by atoms with E-state index in [0.717, 1.165) is 11.3 Å². The van der Waals surface area contributed by atoms with Crippen molar-refractivity contribution in [2.24, 2.45) is 5.92 Å². The Bertz CT molecular complexity index is 568. The van der Waals surface area contributed by atoms with Crippen molar-refractivity contribution in [3.8, 4) is 0 Å². The van der Waals surface area contributed by atoms with Crippen molar-refractivity contribution >= 4 is 28.9 Å². The van der Waals surface area contributed by atoms with Gasteiger partial charge in [-0.3, -0.25) is 19.7 Å². The fourth-order valence-electron chi connectivity index (χ4n) is 2.28. The van der Waals surface area contributed by atoms with Crippen LogP contribution in [0.5, 0.6) is 0 Å². The fraction of sp³-hybridized carbons (Fsp3) is 0.500.